The molecule has 4 N–H and O–H groups in total. The third kappa shape index (κ3) is 5.95. The second-order valence-corrected chi connectivity index (χ2v) is 4.77. The van der Waals surface area contributed by atoms with E-state index in [9.17, 15) is 9.59 Å². The summed E-state index contributed by atoms with van der Waals surface area (Å²) in [7, 11) is 0. The minimum atomic E-state index is -0.740. The molecule has 0 aromatic carbocycles. The summed E-state index contributed by atoms with van der Waals surface area (Å²) in [5.41, 5.74) is 5.22. The number of hydrogen-bond acceptors (Lipinski definition) is 5. The summed E-state index contributed by atoms with van der Waals surface area (Å²) in [6, 6.07) is 0. The Bertz CT molecular complexity index is 351. The topological polar surface area (TPSA) is 96.7 Å². The number of morpholine rings is 1. The molecule has 1 atom stereocenters. The zero-order chi connectivity index (χ0) is 14.3. The average molecular weight is 288 g/mol. The minimum absolute atomic E-state index is 0.0190. The van der Waals surface area contributed by atoms with Gasteiger partial charge in [0, 0.05) is 19.6 Å². The molecular weight excluding hydrogens is 268 g/mol. The molecule has 0 aromatic rings. The van der Waals surface area contributed by atoms with Gasteiger partial charge in [-0.1, -0.05) is 19.1 Å². The molecule has 0 bridgehead atoms. The first-order valence-electron chi connectivity index (χ1n) is 6.21. The first-order valence-corrected chi connectivity index (χ1v) is 6.62. The van der Waals surface area contributed by atoms with E-state index in [0.717, 1.165) is 19.6 Å². The summed E-state index contributed by atoms with van der Waals surface area (Å²) < 4.78 is 5.51. The lowest BCUT2D eigenvalue weighted by Gasteiger charge is -2.32. The van der Waals surface area contributed by atoms with Crippen LogP contribution in [0.5, 0.6) is 0 Å². The third-order valence-corrected chi connectivity index (χ3v) is 2.93. The van der Waals surface area contributed by atoms with Crippen molar-refractivity contribution in [3.05, 3.63) is 0 Å². The van der Waals surface area contributed by atoms with Gasteiger partial charge in [0.1, 0.15) is 0 Å². The van der Waals surface area contributed by atoms with Crippen LogP contribution >= 0.6 is 12.2 Å². The SMILES string of the molecule is CCN1CCOC(CNC(=O)C(=O)NCC(N)=S)C1. The van der Waals surface area contributed by atoms with E-state index >= 15 is 0 Å². The highest BCUT2D eigenvalue weighted by Gasteiger charge is 2.21. The van der Waals surface area contributed by atoms with Crippen LogP contribution in [-0.2, 0) is 14.3 Å². The highest BCUT2D eigenvalue weighted by atomic mass is 32.1. The van der Waals surface area contributed by atoms with Crippen molar-refractivity contribution in [3.63, 3.8) is 0 Å². The third-order valence-electron chi connectivity index (χ3n) is 2.79. The van der Waals surface area contributed by atoms with Gasteiger partial charge < -0.3 is 21.1 Å². The Balaban J connectivity index is 2.25. The van der Waals surface area contributed by atoms with Gasteiger partial charge in [-0.05, 0) is 6.54 Å². The van der Waals surface area contributed by atoms with Crippen LogP contribution in [0, 0.1) is 0 Å². The van der Waals surface area contributed by atoms with E-state index in [1.165, 1.54) is 0 Å². The molecule has 0 saturated carbocycles. The summed E-state index contributed by atoms with van der Waals surface area (Å²) in [5, 5.41) is 4.85. The molecule has 1 unspecified atom stereocenters. The number of carbonyl (C=O) groups excluding carboxylic acids is 2. The smallest absolute Gasteiger partial charge is 0.309 e. The molecule has 8 heteroatoms. The summed E-state index contributed by atoms with van der Waals surface area (Å²) >= 11 is 4.60. The molecule has 1 aliphatic heterocycles. The van der Waals surface area contributed by atoms with Crippen molar-refractivity contribution < 1.29 is 14.3 Å². The summed E-state index contributed by atoms with van der Waals surface area (Å²) in [4.78, 5) is 25.2. The lowest BCUT2D eigenvalue weighted by molar-refractivity contribution is -0.139. The second-order valence-electron chi connectivity index (χ2n) is 4.25. The molecule has 19 heavy (non-hydrogen) atoms. The molecule has 1 fully saturated rings. The Kier molecular flexibility index (Phi) is 6.68. The number of carbonyl (C=O) groups is 2. The highest BCUT2D eigenvalue weighted by Crippen LogP contribution is 2.03. The molecule has 1 rings (SSSR count). The van der Waals surface area contributed by atoms with E-state index in [2.05, 4.69) is 34.7 Å². The summed E-state index contributed by atoms with van der Waals surface area (Å²) in [5.74, 6) is -1.44. The zero-order valence-electron chi connectivity index (χ0n) is 11.0. The van der Waals surface area contributed by atoms with Gasteiger partial charge in [-0.25, -0.2) is 0 Å². The number of amides is 2. The van der Waals surface area contributed by atoms with Gasteiger partial charge in [-0.15, -0.1) is 0 Å². The van der Waals surface area contributed by atoms with E-state index in [-0.39, 0.29) is 17.6 Å². The monoisotopic (exact) mass is 288 g/mol. The minimum Gasteiger partial charge on any atom is -0.392 e. The van der Waals surface area contributed by atoms with Crippen LogP contribution < -0.4 is 16.4 Å². The van der Waals surface area contributed by atoms with E-state index in [4.69, 9.17) is 10.5 Å². The van der Waals surface area contributed by atoms with Crippen molar-refractivity contribution in [2.75, 3.05) is 39.3 Å². The maximum atomic E-state index is 11.5. The van der Waals surface area contributed by atoms with Crippen LogP contribution in [0.25, 0.3) is 0 Å². The standard InChI is InChI=1S/C11H20N4O3S/c1-2-15-3-4-18-8(7-15)5-13-10(16)11(17)14-6-9(12)19/h8H,2-7H2,1H3,(H2,12,19)(H,13,16)(H,14,17). The van der Waals surface area contributed by atoms with Gasteiger partial charge in [0.2, 0.25) is 0 Å². The van der Waals surface area contributed by atoms with Crippen LogP contribution in [-0.4, -0.2) is 67.1 Å². The Labute approximate surface area is 117 Å². The molecule has 1 saturated heterocycles. The van der Waals surface area contributed by atoms with Crippen molar-refractivity contribution in [2.24, 2.45) is 5.73 Å². The van der Waals surface area contributed by atoms with E-state index in [1.807, 2.05) is 0 Å². The fourth-order valence-corrected chi connectivity index (χ4v) is 1.80. The maximum Gasteiger partial charge on any atom is 0.309 e. The quantitative estimate of drug-likeness (QED) is 0.409. The number of thiocarbonyl (C=S) groups is 1. The van der Waals surface area contributed by atoms with Crippen LogP contribution in [0.15, 0.2) is 0 Å². The van der Waals surface area contributed by atoms with Gasteiger partial charge in [0.25, 0.3) is 0 Å². The van der Waals surface area contributed by atoms with Crippen molar-refractivity contribution in [1.82, 2.24) is 15.5 Å². The van der Waals surface area contributed by atoms with Gasteiger partial charge in [-0.3, -0.25) is 14.5 Å². The number of likely N-dealkylation sites (N-methyl/N-ethyl adjacent to an activating group) is 1. The van der Waals surface area contributed by atoms with Crippen LogP contribution in [0.3, 0.4) is 0 Å². The molecule has 0 radical (unpaired) electrons. The fraction of sp³-hybridized carbons (Fsp3) is 0.727. The van der Waals surface area contributed by atoms with Crippen LogP contribution in [0.1, 0.15) is 6.92 Å². The molecule has 1 aliphatic rings. The van der Waals surface area contributed by atoms with Gasteiger partial charge >= 0.3 is 11.8 Å². The Morgan fingerprint density at radius 2 is 2.11 bits per heavy atom. The van der Waals surface area contributed by atoms with Crippen molar-refractivity contribution in [1.29, 1.82) is 0 Å². The second kappa shape index (κ2) is 8.03. The first kappa shape index (κ1) is 15.8. The molecular formula is C11H20N4O3S. The summed E-state index contributed by atoms with van der Waals surface area (Å²) in [6.07, 6.45) is -0.0824. The number of nitrogens with zero attached hydrogens (tertiary/aromatic N) is 1. The van der Waals surface area contributed by atoms with Crippen molar-refractivity contribution in [3.8, 4) is 0 Å². The highest BCUT2D eigenvalue weighted by molar-refractivity contribution is 7.80. The maximum absolute atomic E-state index is 11.5. The largest absolute Gasteiger partial charge is 0.392 e. The van der Waals surface area contributed by atoms with Crippen LogP contribution in [0.4, 0.5) is 0 Å². The molecule has 0 spiro atoms. The predicted molar refractivity (Wildman–Crippen MR) is 74.7 cm³/mol. The number of hydrogen-bond donors (Lipinski definition) is 3. The van der Waals surface area contributed by atoms with Crippen molar-refractivity contribution >= 4 is 29.0 Å². The molecule has 2 amide bonds. The number of nitrogens with one attached hydrogen (secondary N) is 2. The van der Waals surface area contributed by atoms with Crippen molar-refractivity contribution in [2.45, 2.75) is 13.0 Å². The van der Waals surface area contributed by atoms with Gasteiger partial charge in [-0.2, -0.15) is 0 Å². The van der Waals surface area contributed by atoms with E-state index in [0.29, 0.717) is 13.2 Å². The average Bonchev–Trinajstić information content (AvgIpc) is 2.42. The number of rotatable bonds is 5. The molecule has 0 aromatic heterocycles. The van der Waals surface area contributed by atoms with E-state index < -0.39 is 11.8 Å². The lowest BCUT2D eigenvalue weighted by atomic mass is 10.2. The molecule has 0 aliphatic carbocycles. The van der Waals surface area contributed by atoms with Gasteiger partial charge in [0.05, 0.1) is 24.2 Å². The first-order chi connectivity index (χ1) is 9.02. The summed E-state index contributed by atoms with van der Waals surface area (Å²) in [6.45, 7) is 5.65. The normalized spacial score (nSPS) is 19.7. The zero-order valence-corrected chi connectivity index (χ0v) is 11.8. The number of ether oxygens (including phenoxy) is 1. The predicted octanol–water partition coefficient (Wildman–Crippen LogP) is -1.77. The number of nitrogens with two attached hydrogens (primary N) is 1. The Morgan fingerprint density at radius 1 is 1.42 bits per heavy atom. The van der Waals surface area contributed by atoms with E-state index in [1.54, 1.807) is 0 Å². The van der Waals surface area contributed by atoms with Crippen LogP contribution in [0.2, 0.25) is 0 Å². The Morgan fingerprint density at radius 3 is 2.74 bits per heavy atom. The lowest BCUT2D eigenvalue weighted by Crippen LogP contribution is -2.50. The Hall–Kier alpha value is -1.25. The molecule has 7 nitrogen and oxygen atoms in total. The van der Waals surface area contributed by atoms with Gasteiger partial charge in [0.15, 0.2) is 0 Å². The molecule has 108 valence electrons. The fourth-order valence-electron chi connectivity index (χ4n) is 1.73. The molecule has 1 heterocycles.